The molecule has 0 aliphatic carbocycles. The van der Waals surface area contributed by atoms with Gasteiger partial charge in [0.2, 0.25) is 11.8 Å². The van der Waals surface area contributed by atoms with Gasteiger partial charge >= 0.3 is 0 Å². The van der Waals surface area contributed by atoms with E-state index >= 15 is 0 Å². The van der Waals surface area contributed by atoms with Crippen LogP contribution < -0.4 is 4.90 Å². The minimum absolute atomic E-state index is 0.00889. The van der Waals surface area contributed by atoms with Crippen LogP contribution in [0.3, 0.4) is 0 Å². The van der Waals surface area contributed by atoms with Crippen LogP contribution in [0.1, 0.15) is 41.3 Å². The van der Waals surface area contributed by atoms with Gasteiger partial charge in [0.15, 0.2) is 0 Å². The number of halogens is 1. The van der Waals surface area contributed by atoms with Crippen LogP contribution in [-0.4, -0.2) is 53.8 Å². The number of carbonyl (C=O) groups is 3. The molecule has 31 heavy (non-hydrogen) atoms. The number of amides is 3. The molecule has 0 spiro atoms. The first kappa shape index (κ1) is 22.8. The van der Waals surface area contributed by atoms with Crippen molar-refractivity contribution >= 4 is 35.0 Å². The molecule has 1 saturated heterocycles. The highest BCUT2D eigenvalue weighted by Gasteiger charge is 2.33. The third-order valence-electron chi connectivity index (χ3n) is 5.48. The average molecular weight is 442 g/mol. The molecule has 1 aliphatic rings. The van der Waals surface area contributed by atoms with Gasteiger partial charge in [-0.2, -0.15) is 0 Å². The molecule has 2 aromatic rings. The number of benzene rings is 2. The minimum Gasteiger partial charge on any atom is -0.329 e. The highest BCUT2D eigenvalue weighted by Crippen LogP contribution is 2.28. The molecule has 1 aliphatic heterocycles. The summed E-state index contributed by atoms with van der Waals surface area (Å²) in [7, 11) is 0. The molecule has 6 nitrogen and oxygen atoms in total. The van der Waals surface area contributed by atoms with Crippen LogP contribution in [-0.2, 0) is 9.59 Å². The fraction of sp³-hybridized carbons (Fsp3) is 0.375. The summed E-state index contributed by atoms with van der Waals surface area (Å²) in [4.78, 5) is 43.3. The van der Waals surface area contributed by atoms with E-state index in [1.165, 1.54) is 4.90 Å². The molecule has 2 aromatic carbocycles. The molecule has 1 heterocycles. The van der Waals surface area contributed by atoms with Gasteiger partial charge in [0.05, 0.1) is 0 Å². The first-order valence-electron chi connectivity index (χ1n) is 10.5. The lowest BCUT2D eigenvalue weighted by Crippen LogP contribution is -2.43. The zero-order valence-corrected chi connectivity index (χ0v) is 19.0. The summed E-state index contributed by atoms with van der Waals surface area (Å²) in [5.74, 6) is -0.574. The molecule has 7 heteroatoms. The standard InChI is InChI=1S/C24H28ClN3O3/c1-4-5-12-26(24(31)19-9-6-8-17(2)13-19)14-22(29)27-15-23(30)28(16-27)21-11-7-10-20(25)18(21)3/h6-11,13H,4-5,12,14-16H2,1-3H3. The summed E-state index contributed by atoms with van der Waals surface area (Å²) in [6.07, 6.45) is 1.72. The number of aryl methyl sites for hydroxylation is 1. The molecular weight excluding hydrogens is 414 g/mol. The maximum absolute atomic E-state index is 13.0. The molecule has 0 radical (unpaired) electrons. The maximum atomic E-state index is 13.0. The topological polar surface area (TPSA) is 60.9 Å². The SMILES string of the molecule is CCCCN(CC(=O)N1CC(=O)N(c2cccc(Cl)c2C)C1)C(=O)c1cccc(C)c1. The van der Waals surface area contributed by atoms with Crippen molar-refractivity contribution in [2.75, 3.05) is 31.2 Å². The van der Waals surface area contributed by atoms with E-state index in [9.17, 15) is 14.4 Å². The lowest BCUT2D eigenvalue weighted by molar-refractivity contribution is -0.132. The van der Waals surface area contributed by atoms with Crippen LogP contribution in [0.5, 0.6) is 0 Å². The van der Waals surface area contributed by atoms with Crippen molar-refractivity contribution in [1.29, 1.82) is 0 Å². The normalized spacial score (nSPS) is 13.6. The molecule has 1 fully saturated rings. The Hall–Kier alpha value is -2.86. The van der Waals surface area contributed by atoms with Crippen LogP contribution in [0.4, 0.5) is 5.69 Å². The molecular formula is C24H28ClN3O3. The summed E-state index contributed by atoms with van der Waals surface area (Å²) >= 11 is 6.20. The van der Waals surface area contributed by atoms with Crippen LogP contribution in [0, 0.1) is 13.8 Å². The van der Waals surface area contributed by atoms with Crippen molar-refractivity contribution in [3.63, 3.8) is 0 Å². The van der Waals surface area contributed by atoms with E-state index in [0.29, 0.717) is 22.8 Å². The van der Waals surface area contributed by atoms with E-state index in [2.05, 4.69) is 0 Å². The number of rotatable bonds is 7. The van der Waals surface area contributed by atoms with Gasteiger partial charge < -0.3 is 9.80 Å². The van der Waals surface area contributed by atoms with Gasteiger partial charge in [0.1, 0.15) is 19.8 Å². The van der Waals surface area contributed by atoms with Gasteiger partial charge in [-0.25, -0.2) is 0 Å². The molecule has 0 N–H and O–H groups in total. The first-order chi connectivity index (χ1) is 14.8. The van der Waals surface area contributed by atoms with Crippen molar-refractivity contribution in [3.8, 4) is 0 Å². The number of hydrogen-bond donors (Lipinski definition) is 0. The van der Waals surface area contributed by atoms with Gasteiger partial charge in [-0.05, 0) is 50.1 Å². The van der Waals surface area contributed by atoms with E-state index in [4.69, 9.17) is 11.6 Å². The van der Waals surface area contributed by atoms with Crippen molar-refractivity contribution in [2.24, 2.45) is 0 Å². The summed E-state index contributed by atoms with van der Waals surface area (Å²) in [5.41, 5.74) is 3.06. The molecule has 0 atom stereocenters. The Kier molecular flexibility index (Phi) is 7.33. The quantitative estimate of drug-likeness (QED) is 0.651. The lowest BCUT2D eigenvalue weighted by atomic mass is 10.1. The van der Waals surface area contributed by atoms with E-state index in [1.54, 1.807) is 28.0 Å². The fourth-order valence-corrected chi connectivity index (χ4v) is 3.81. The van der Waals surface area contributed by atoms with Crippen molar-refractivity contribution in [2.45, 2.75) is 33.6 Å². The number of unbranched alkanes of at least 4 members (excludes halogenated alkanes) is 1. The summed E-state index contributed by atoms with van der Waals surface area (Å²) in [5, 5.41) is 0.574. The Bertz CT molecular complexity index is 992. The number of nitrogens with zero attached hydrogens (tertiary/aromatic N) is 3. The highest BCUT2D eigenvalue weighted by molar-refractivity contribution is 6.31. The summed E-state index contributed by atoms with van der Waals surface area (Å²) in [6.45, 7) is 6.41. The Morgan fingerprint density at radius 3 is 2.58 bits per heavy atom. The van der Waals surface area contributed by atoms with E-state index in [0.717, 1.165) is 24.0 Å². The maximum Gasteiger partial charge on any atom is 0.254 e. The molecule has 3 amide bonds. The Morgan fingerprint density at radius 2 is 1.87 bits per heavy atom. The second-order valence-corrected chi connectivity index (χ2v) is 8.30. The summed E-state index contributed by atoms with van der Waals surface area (Å²) in [6, 6.07) is 12.7. The van der Waals surface area contributed by atoms with E-state index < -0.39 is 0 Å². The smallest absolute Gasteiger partial charge is 0.254 e. The number of carbonyl (C=O) groups excluding carboxylic acids is 3. The monoisotopic (exact) mass is 441 g/mol. The average Bonchev–Trinajstić information content (AvgIpc) is 3.14. The third-order valence-corrected chi connectivity index (χ3v) is 5.89. The first-order valence-corrected chi connectivity index (χ1v) is 10.9. The van der Waals surface area contributed by atoms with Crippen LogP contribution in [0.15, 0.2) is 42.5 Å². The third kappa shape index (κ3) is 5.25. The second kappa shape index (κ2) is 9.96. The van der Waals surface area contributed by atoms with Crippen LogP contribution >= 0.6 is 11.6 Å². The summed E-state index contributed by atoms with van der Waals surface area (Å²) < 4.78 is 0. The van der Waals surface area contributed by atoms with E-state index in [1.807, 2.05) is 45.0 Å². The Balaban J connectivity index is 1.73. The van der Waals surface area contributed by atoms with Crippen LogP contribution in [0.25, 0.3) is 0 Å². The van der Waals surface area contributed by atoms with Crippen molar-refractivity contribution in [1.82, 2.24) is 9.80 Å². The Labute approximate surface area is 188 Å². The van der Waals surface area contributed by atoms with Gasteiger partial charge in [-0.15, -0.1) is 0 Å². The molecule has 164 valence electrons. The highest BCUT2D eigenvalue weighted by atomic mass is 35.5. The largest absolute Gasteiger partial charge is 0.329 e. The molecule has 3 rings (SSSR count). The lowest BCUT2D eigenvalue weighted by Gasteiger charge is -2.25. The fourth-order valence-electron chi connectivity index (χ4n) is 3.64. The molecule has 0 aromatic heterocycles. The number of anilines is 1. The van der Waals surface area contributed by atoms with Crippen LogP contribution in [0.2, 0.25) is 5.02 Å². The van der Waals surface area contributed by atoms with E-state index in [-0.39, 0.29) is 37.5 Å². The zero-order valence-electron chi connectivity index (χ0n) is 18.2. The van der Waals surface area contributed by atoms with Gasteiger partial charge in [-0.3, -0.25) is 19.3 Å². The Morgan fingerprint density at radius 1 is 1.13 bits per heavy atom. The molecule has 0 unspecified atom stereocenters. The minimum atomic E-state index is -0.243. The number of hydrogen-bond acceptors (Lipinski definition) is 3. The second-order valence-electron chi connectivity index (χ2n) is 7.89. The molecule has 0 bridgehead atoms. The zero-order chi connectivity index (χ0) is 22.5. The predicted molar refractivity (Wildman–Crippen MR) is 122 cm³/mol. The van der Waals surface area contributed by atoms with Gasteiger partial charge in [0, 0.05) is 22.8 Å². The molecule has 0 saturated carbocycles. The van der Waals surface area contributed by atoms with Gasteiger partial charge in [0.25, 0.3) is 5.91 Å². The predicted octanol–water partition coefficient (Wildman–Crippen LogP) is 4.03. The van der Waals surface area contributed by atoms with Crippen molar-refractivity contribution < 1.29 is 14.4 Å². The van der Waals surface area contributed by atoms with Gasteiger partial charge in [-0.1, -0.05) is 48.7 Å². The van der Waals surface area contributed by atoms with Crippen molar-refractivity contribution in [3.05, 3.63) is 64.2 Å².